The maximum absolute atomic E-state index is 11.1. The minimum Gasteiger partial charge on any atom is -0.366 e. The number of carbonyl (C=O) groups excluding carboxylic acids is 1. The monoisotopic (exact) mass is 278 g/mol. The van der Waals surface area contributed by atoms with Gasteiger partial charge in [-0.1, -0.05) is 6.07 Å². The van der Waals surface area contributed by atoms with E-state index in [4.69, 9.17) is 5.73 Å². The standard InChI is InChI=1S/C15H22N2OS/c1-11-8-13(15(16)18)2-3-14(11)10-17-9-12-4-6-19-7-5-12/h2-3,8,12,17H,4-7,9-10H2,1H3,(H2,16,18). The van der Waals surface area contributed by atoms with Crippen molar-refractivity contribution in [1.29, 1.82) is 0 Å². The van der Waals surface area contributed by atoms with Gasteiger partial charge in [-0.05, 0) is 67.0 Å². The number of nitrogens with one attached hydrogen (secondary N) is 1. The van der Waals surface area contributed by atoms with Crippen molar-refractivity contribution in [3.63, 3.8) is 0 Å². The zero-order valence-electron chi connectivity index (χ0n) is 11.4. The number of amides is 1. The highest BCUT2D eigenvalue weighted by Crippen LogP contribution is 2.22. The zero-order valence-corrected chi connectivity index (χ0v) is 12.3. The molecule has 0 atom stereocenters. The molecule has 0 radical (unpaired) electrons. The summed E-state index contributed by atoms with van der Waals surface area (Å²) in [5, 5.41) is 3.54. The summed E-state index contributed by atoms with van der Waals surface area (Å²) >= 11 is 2.06. The summed E-state index contributed by atoms with van der Waals surface area (Å²) in [4.78, 5) is 11.1. The fourth-order valence-electron chi connectivity index (χ4n) is 2.41. The second-order valence-electron chi connectivity index (χ2n) is 5.19. The number of rotatable bonds is 5. The first-order valence-electron chi connectivity index (χ1n) is 6.84. The maximum Gasteiger partial charge on any atom is 0.248 e. The number of thioether (sulfide) groups is 1. The van der Waals surface area contributed by atoms with E-state index in [0.717, 1.165) is 24.6 Å². The van der Waals surface area contributed by atoms with Crippen LogP contribution in [0.5, 0.6) is 0 Å². The lowest BCUT2D eigenvalue weighted by molar-refractivity contribution is 0.1000. The van der Waals surface area contributed by atoms with Gasteiger partial charge in [0, 0.05) is 12.1 Å². The first kappa shape index (κ1) is 14.4. The van der Waals surface area contributed by atoms with Gasteiger partial charge in [0.05, 0.1) is 0 Å². The van der Waals surface area contributed by atoms with Crippen LogP contribution in [0.2, 0.25) is 0 Å². The van der Waals surface area contributed by atoms with Gasteiger partial charge in [-0.2, -0.15) is 11.8 Å². The van der Waals surface area contributed by atoms with E-state index in [1.54, 1.807) is 0 Å². The summed E-state index contributed by atoms with van der Waals surface area (Å²) in [7, 11) is 0. The Hall–Kier alpha value is -1.000. The van der Waals surface area contributed by atoms with Crippen molar-refractivity contribution >= 4 is 17.7 Å². The van der Waals surface area contributed by atoms with E-state index in [2.05, 4.69) is 17.1 Å². The highest BCUT2D eigenvalue weighted by atomic mass is 32.2. The molecule has 0 spiro atoms. The molecule has 3 N–H and O–H groups in total. The summed E-state index contributed by atoms with van der Waals surface area (Å²) in [6.07, 6.45) is 2.66. The third-order valence-electron chi connectivity index (χ3n) is 3.72. The SMILES string of the molecule is Cc1cc(C(N)=O)ccc1CNCC1CCSCC1. The van der Waals surface area contributed by atoms with E-state index in [-0.39, 0.29) is 5.91 Å². The average molecular weight is 278 g/mol. The maximum atomic E-state index is 11.1. The third kappa shape index (κ3) is 4.25. The van der Waals surface area contributed by atoms with Gasteiger partial charge in [0.1, 0.15) is 0 Å². The van der Waals surface area contributed by atoms with Crippen LogP contribution in [0.25, 0.3) is 0 Å². The molecule has 0 aromatic heterocycles. The van der Waals surface area contributed by atoms with Crippen LogP contribution < -0.4 is 11.1 Å². The summed E-state index contributed by atoms with van der Waals surface area (Å²) in [6.45, 7) is 3.99. The van der Waals surface area contributed by atoms with Crippen LogP contribution in [-0.2, 0) is 6.54 Å². The molecule has 1 fully saturated rings. The average Bonchev–Trinajstić information content (AvgIpc) is 2.41. The number of hydrogen-bond acceptors (Lipinski definition) is 3. The highest BCUT2D eigenvalue weighted by Gasteiger charge is 2.13. The van der Waals surface area contributed by atoms with Gasteiger partial charge in [-0.25, -0.2) is 0 Å². The quantitative estimate of drug-likeness (QED) is 0.869. The number of carbonyl (C=O) groups is 1. The lowest BCUT2D eigenvalue weighted by Crippen LogP contribution is -2.25. The Labute approximate surface area is 119 Å². The molecular weight excluding hydrogens is 256 g/mol. The lowest BCUT2D eigenvalue weighted by atomic mass is 10.0. The summed E-state index contributed by atoms with van der Waals surface area (Å²) < 4.78 is 0. The normalized spacial score (nSPS) is 16.5. The largest absolute Gasteiger partial charge is 0.366 e. The van der Waals surface area contributed by atoms with Crippen LogP contribution >= 0.6 is 11.8 Å². The molecule has 1 aromatic rings. The highest BCUT2D eigenvalue weighted by molar-refractivity contribution is 7.99. The van der Waals surface area contributed by atoms with E-state index in [9.17, 15) is 4.79 Å². The first-order valence-corrected chi connectivity index (χ1v) is 8.00. The van der Waals surface area contributed by atoms with Crippen molar-refractivity contribution in [1.82, 2.24) is 5.32 Å². The number of aryl methyl sites for hydroxylation is 1. The van der Waals surface area contributed by atoms with Gasteiger partial charge >= 0.3 is 0 Å². The number of nitrogens with two attached hydrogens (primary N) is 1. The second-order valence-corrected chi connectivity index (χ2v) is 6.42. The first-order chi connectivity index (χ1) is 9.16. The van der Waals surface area contributed by atoms with Crippen LogP contribution in [0.15, 0.2) is 18.2 Å². The molecule has 1 aliphatic rings. The molecule has 0 saturated carbocycles. The van der Waals surface area contributed by atoms with Crippen LogP contribution in [0.4, 0.5) is 0 Å². The minimum absolute atomic E-state index is 0.359. The minimum atomic E-state index is -0.359. The van der Waals surface area contributed by atoms with Crippen molar-refractivity contribution in [3.05, 3.63) is 34.9 Å². The van der Waals surface area contributed by atoms with E-state index >= 15 is 0 Å². The molecule has 1 saturated heterocycles. The van der Waals surface area contributed by atoms with Gasteiger partial charge < -0.3 is 11.1 Å². The number of hydrogen-bond donors (Lipinski definition) is 2. The summed E-state index contributed by atoms with van der Waals surface area (Å²) in [5.74, 6) is 3.07. The van der Waals surface area contributed by atoms with Gasteiger partial charge in [0.25, 0.3) is 0 Å². The lowest BCUT2D eigenvalue weighted by Gasteiger charge is -2.21. The fraction of sp³-hybridized carbons (Fsp3) is 0.533. The van der Waals surface area contributed by atoms with Crippen molar-refractivity contribution in [2.75, 3.05) is 18.1 Å². The molecule has 0 aliphatic carbocycles. The van der Waals surface area contributed by atoms with E-state index < -0.39 is 0 Å². The van der Waals surface area contributed by atoms with Gasteiger partial charge in [0.15, 0.2) is 0 Å². The van der Waals surface area contributed by atoms with E-state index in [1.807, 2.05) is 25.1 Å². The third-order valence-corrected chi connectivity index (χ3v) is 4.77. The molecule has 1 aliphatic heterocycles. The van der Waals surface area contributed by atoms with Crippen molar-refractivity contribution in [2.24, 2.45) is 11.7 Å². The molecule has 0 unspecified atom stereocenters. The predicted molar refractivity (Wildman–Crippen MR) is 81.5 cm³/mol. The molecular formula is C15H22N2OS. The second kappa shape index (κ2) is 6.96. The Morgan fingerprint density at radius 2 is 2.16 bits per heavy atom. The van der Waals surface area contributed by atoms with Crippen LogP contribution in [0, 0.1) is 12.8 Å². The molecule has 19 heavy (non-hydrogen) atoms. The topological polar surface area (TPSA) is 55.1 Å². The molecule has 0 bridgehead atoms. The molecule has 3 nitrogen and oxygen atoms in total. The fourth-order valence-corrected chi connectivity index (χ4v) is 3.61. The Bertz CT molecular complexity index is 442. The molecule has 104 valence electrons. The molecule has 2 rings (SSSR count). The van der Waals surface area contributed by atoms with Gasteiger partial charge in [-0.15, -0.1) is 0 Å². The molecule has 1 heterocycles. The van der Waals surface area contributed by atoms with Crippen LogP contribution in [0.1, 0.15) is 34.3 Å². The van der Waals surface area contributed by atoms with E-state index in [1.165, 1.54) is 29.9 Å². The number of primary amides is 1. The van der Waals surface area contributed by atoms with Crippen molar-refractivity contribution in [2.45, 2.75) is 26.3 Å². The molecule has 1 aromatic carbocycles. The Kier molecular flexibility index (Phi) is 5.28. The van der Waals surface area contributed by atoms with Crippen molar-refractivity contribution in [3.8, 4) is 0 Å². The Morgan fingerprint density at radius 1 is 1.42 bits per heavy atom. The smallest absolute Gasteiger partial charge is 0.248 e. The number of benzene rings is 1. The summed E-state index contributed by atoms with van der Waals surface area (Å²) in [6, 6.07) is 5.68. The van der Waals surface area contributed by atoms with Crippen molar-refractivity contribution < 1.29 is 4.79 Å². The van der Waals surface area contributed by atoms with Crippen LogP contribution in [-0.4, -0.2) is 24.0 Å². The van der Waals surface area contributed by atoms with Crippen LogP contribution in [0.3, 0.4) is 0 Å². The van der Waals surface area contributed by atoms with Gasteiger partial charge in [-0.3, -0.25) is 4.79 Å². The Balaban J connectivity index is 1.83. The Morgan fingerprint density at radius 3 is 2.79 bits per heavy atom. The predicted octanol–water partition coefficient (Wildman–Crippen LogP) is 2.33. The summed E-state index contributed by atoms with van der Waals surface area (Å²) in [5.41, 5.74) is 8.24. The molecule has 1 amide bonds. The van der Waals surface area contributed by atoms with Gasteiger partial charge in [0.2, 0.25) is 5.91 Å². The van der Waals surface area contributed by atoms with E-state index in [0.29, 0.717) is 5.56 Å². The zero-order chi connectivity index (χ0) is 13.7. The molecule has 4 heteroatoms.